The Balaban J connectivity index is 1.75. The molecule has 0 atom stereocenters. The molecule has 0 aromatic heterocycles. The van der Waals surface area contributed by atoms with E-state index in [9.17, 15) is 23.3 Å². The first kappa shape index (κ1) is 22.5. The van der Waals surface area contributed by atoms with Gasteiger partial charge in [-0.3, -0.25) is 14.9 Å². The van der Waals surface area contributed by atoms with Crippen molar-refractivity contribution in [3.05, 3.63) is 52.6 Å². The van der Waals surface area contributed by atoms with Crippen LogP contribution in [0.1, 0.15) is 0 Å². The summed E-state index contributed by atoms with van der Waals surface area (Å²) in [4.78, 5) is 22.8. The average Bonchev–Trinajstić information content (AvgIpc) is 2.78. The number of carbonyl (C=O) groups is 1. The molecule has 2 aromatic rings. The quantitative estimate of drug-likeness (QED) is 0.472. The highest BCUT2D eigenvalue weighted by atomic mass is 32.2. The van der Waals surface area contributed by atoms with Crippen molar-refractivity contribution in [1.29, 1.82) is 0 Å². The van der Waals surface area contributed by atoms with Gasteiger partial charge in [0.1, 0.15) is 5.75 Å². The Bertz CT molecular complexity index is 1070. The molecule has 1 N–H and O–H groups in total. The molecule has 1 fully saturated rings. The van der Waals surface area contributed by atoms with Crippen LogP contribution in [0.3, 0.4) is 0 Å². The maximum atomic E-state index is 12.9. The molecule has 0 bridgehead atoms. The highest BCUT2D eigenvalue weighted by Gasteiger charge is 2.27. The molecule has 1 amide bonds. The Morgan fingerprint density at radius 2 is 1.90 bits per heavy atom. The molecule has 11 nitrogen and oxygen atoms in total. The maximum absolute atomic E-state index is 12.9. The molecule has 31 heavy (non-hydrogen) atoms. The number of anilines is 1. The topological polar surface area (TPSA) is 137 Å². The molecule has 1 aliphatic rings. The van der Waals surface area contributed by atoms with Crippen molar-refractivity contribution in [1.82, 2.24) is 4.31 Å². The van der Waals surface area contributed by atoms with E-state index in [1.54, 1.807) is 6.07 Å². The second-order valence-electron chi connectivity index (χ2n) is 6.44. The van der Waals surface area contributed by atoms with Crippen LogP contribution in [0.2, 0.25) is 0 Å². The lowest BCUT2D eigenvalue weighted by Crippen LogP contribution is -2.40. The summed E-state index contributed by atoms with van der Waals surface area (Å²) >= 11 is 0. The lowest BCUT2D eigenvalue weighted by molar-refractivity contribution is -0.385. The van der Waals surface area contributed by atoms with Crippen molar-refractivity contribution in [2.45, 2.75) is 4.90 Å². The van der Waals surface area contributed by atoms with Crippen molar-refractivity contribution in [2.75, 3.05) is 45.3 Å². The molecule has 2 aromatic carbocycles. The first-order valence-electron chi connectivity index (χ1n) is 9.25. The summed E-state index contributed by atoms with van der Waals surface area (Å²) in [6, 6.07) is 9.79. The van der Waals surface area contributed by atoms with E-state index >= 15 is 0 Å². The van der Waals surface area contributed by atoms with E-state index in [2.05, 4.69) is 5.32 Å². The van der Waals surface area contributed by atoms with Gasteiger partial charge in [0.05, 0.1) is 35.8 Å². The molecule has 3 rings (SSSR count). The number of hydrogen-bond acceptors (Lipinski definition) is 8. The summed E-state index contributed by atoms with van der Waals surface area (Å²) in [5.74, 6) is -0.449. The number of methoxy groups -OCH3 is 1. The molecular formula is C19H21N3O8S. The van der Waals surface area contributed by atoms with Crippen LogP contribution in [-0.2, 0) is 19.6 Å². The van der Waals surface area contributed by atoms with Crippen LogP contribution in [0.15, 0.2) is 47.4 Å². The minimum absolute atomic E-state index is 0.00915. The highest BCUT2D eigenvalue weighted by molar-refractivity contribution is 7.89. The van der Waals surface area contributed by atoms with Gasteiger partial charge in [0.25, 0.3) is 5.91 Å². The first-order chi connectivity index (χ1) is 14.8. The molecule has 1 aliphatic heterocycles. The SMILES string of the molecule is COc1ccc(S(=O)(=O)N2CCOCC2)cc1NC(=O)COc1ccccc1[N+](=O)[O-]. The van der Waals surface area contributed by atoms with Gasteiger partial charge < -0.3 is 19.5 Å². The number of hydrogen-bond donors (Lipinski definition) is 1. The Hall–Kier alpha value is -3.22. The minimum Gasteiger partial charge on any atom is -0.495 e. The van der Waals surface area contributed by atoms with Crippen LogP contribution in [0, 0.1) is 10.1 Å². The normalized spacial score (nSPS) is 14.6. The molecule has 1 saturated heterocycles. The number of carbonyl (C=O) groups excluding carboxylic acids is 1. The molecule has 1 heterocycles. The Kier molecular flexibility index (Phi) is 7.05. The van der Waals surface area contributed by atoms with Gasteiger partial charge in [0.2, 0.25) is 10.0 Å². The Morgan fingerprint density at radius 3 is 2.58 bits per heavy atom. The number of benzene rings is 2. The van der Waals surface area contributed by atoms with Crippen molar-refractivity contribution in [3.8, 4) is 11.5 Å². The van der Waals surface area contributed by atoms with E-state index < -0.39 is 27.5 Å². The standard InChI is InChI=1S/C19H21N3O8S/c1-28-17-7-6-14(31(26,27)21-8-10-29-11-9-21)12-15(17)20-19(23)13-30-18-5-3-2-4-16(18)22(24)25/h2-7,12H,8-11,13H2,1H3,(H,20,23). The number of amides is 1. The third-order valence-electron chi connectivity index (χ3n) is 4.47. The van der Waals surface area contributed by atoms with Gasteiger partial charge in [0.15, 0.2) is 12.4 Å². The van der Waals surface area contributed by atoms with Crippen LogP contribution in [0.4, 0.5) is 11.4 Å². The fourth-order valence-corrected chi connectivity index (χ4v) is 4.38. The third kappa shape index (κ3) is 5.29. The zero-order valence-corrected chi connectivity index (χ0v) is 17.5. The van der Waals surface area contributed by atoms with E-state index in [1.807, 2.05) is 0 Å². The van der Waals surface area contributed by atoms with Crippen molar-refractivity contribution < 1.29 is 32.3 Å². The van der Waals surface area contributed by atoms with Gasteiger partial charge in [-0.1, -0.05) is 12.1 Å². The lowest BCUT2D eigenvalue weighted by Gasteiger charge is -2.26. The molecular weight excluding hydrogens is 430 g/mol. The van der Waals surface area contributed by atoms with Crippen molar-refractivity contribution in [3.63, 3.8) is 0 Å². The van der Waals surface area contributed by atoms with Gasteiger partial charge >= 0.3 is 5.69 Å². The Labute approximate surface area is 178 Å². The lowest BCUT2D eigenvalue weighted by atomic mass is 10.3. The number of nitro groups is 1. The number of nitro benzene ring substituents is 1. The fraction of sp³-hybridized carbons (Fsp3) is 0.316. The number of morpholine rings is 1. The zero-order valence-electron chi connectivity index (χ0n) is 16.6. The van der Waals surface area contributed by atoms with E-state index in [0.29, 0.717) is 13.2 Å². The van der Waals surface area contributed by atoms with Crippen LogP contribution in [-0.4, -0.2) is 63.6 Å². The highest BCUT2D eigenvalue weighted by Crippen LogP contribution is 2.30. The summed E-state index contributed by atoms with van der Waals surface area (Å²) in [5.41, 5.74) is -0.139. The number of rotatable bonds is 8. The molecule has 166 valence electrons. The van der Waals surface area contributed by atoms with E-state index in [1.165, 1.54) is 47.8 Å². The summed E-state index contributed by atoms with van der Waals surface area (Å²) in [7, 11) is -2.40. The average molecular weight is 451 g/mol. The summed E-state index contributed by atoms with van der Waals surface area (Å²) in [5, 5.41) is 13.6. The van der Waals surface area contributed by atoms with Crippen LogP contribution >= 0.6 is 0 Å². The van der Waals surface area contributed by atoms with Gasteiger partial charge in [0, 0.05) is 19.2 Å². The molecule has 12 heteroatoms. The second kappa shape index (κ2) is 9.73. The molecule has 0 spiro atoms. The number of nitrogens with zero attached hydrogens (tertiary/aromatic N) is 2. The number of nitrogens with one attached hydrogen (secondary N) is 1. The Morgan fingerprint density at radius 1 is 1.19 bits per heavy atom. The number of sulfonamides is 1. The van der Waals surface area contributed by atoms with Gasteiger partial charge in [-0.25, -0.2) is 8.42 Å². The van der Waals surface area contributed by atoms with Crippen LogP contribution in [0.25, 0.3) is 0 Å². The largest absolute Gasteiger partial charge is 0.495 e. The zero-order chi connectivity index (χ0) is 22.4. The van der Waals surface area contributed by atoms with Crippen LogP contribution in [0.5, 0.6) is 11.5 Å². The van der Waals surface area contributed by atoms with E-state index in [0.717, 1.165) is 0 Å². The van der Waals surface area contributed by atoms with Crippen molar-refractivity contribution in [2.24, 2.45) is 0 Å². The monoisotopic (exact) mass is 451 g/mol. The molecule has 0 radical (unpaired) electrons. The summed E-state index contributed by atoms with van der Waals surface area (Å²) in [6.45, 7) is 0.567. The van der Waals surface area contributed by atoms with E-state index in [-0.39, 0.29) is 40.9 Å². The van der Waals surface area contributed by atoms with E-state index in [4.69, 9.17) is 14.2 Å². The second-order valence-corrected chi connectivity index (χ2v) is 8.38. The molecule has 0 unspecified atom stereocenters. The summed E-state index contributed by atoms with van der Waals surface area (Å²) in [6.07, 6.45) is 0. The minimum atomic E-state index is -3.78. The number of para-hydroxylation sites is 2. The number of ether oxygens (including phenoxy) is 3. The molecule has 0 aliphatic carbocycles. The summed E-state index contributed by atoms with van der Waals surface area (Å²) < 4.78 is 42.7. The maximum Gasteiger partial charge on any atom is 0.310 e. The van der Waals surface area contributed by atoms with Crippen molar-refractivity contribution >= 4 is 27.3 Å². The molecule has 0 saturated carbocycles. The fourth-order valence-electron chi connectivity index (χ4n) is 2.94. The predicted octanol–water partition coefficient (Wildman–Crippen LogP) is 1.64. The van der Waals surface area contributed by atoms with Crippen LogP contribution < -0.4 is 14.8 Å². The van der Waals surface area contributed by atoms with Gasteiger partial charge in [-0.2, -0.15) is 4.31 Å². The van der Waals surface area contributed by atoms with Gasteiger partial charge in [-0.15, -0.1) is 0 Å². The predicted molar refractivity (Wildman–Crippen MR) is 110 cm³/mol. The smallest absolute Gasteiger partial charge is 0.310 e. The van der Waals surface area contributed by atoms with Gasteiger partial charge in [-0.05, 0) is 24.3 Å². The first-order valence-corrected chi connectivity index (χ1v) is 10.7. The third-order valence-corrected chi connectivity index (χ3v) is 6.37.